The zero-order chi connectivity index (χ0) is 13.8. The molecule has 0 bridgehead atoms. The maximum absolute atomic E-state index is 11.0. The Morgan fingerprint density at radius 3 is 2.67 bits per heavy atom. The minimum absolute atomic E-state index is 0.119. The van der Waals surface area contributed by atoms with E-state index in [4.69, 9.17) is 22.1 Å². The largest absolute Gasteiger partial charge is 0.493 e. The minimum Gasteiger partial charge on any atom is -0.493 e. The highest BCUT2D eigenvalue weighted by molar-refractivity contribution is 7.90. The van der Waals surface area contributed by atoms with Gasteiger partial charge >= 0.3 is 0 Å². The van der Waals surface area contributed by atoms with Crippen molar-refractivity contribution in [1.82, 2.24) is 0 Å². The smallest absolute Gasteiger partial charge is 0.147 e. The summed E-state index contributed by atoms with van der Waals surface area (Å²) in [5.74, 6) is 0.775. The van der Waals surface area contributed by atoms with Gasteiger partial charge in [0, 0.05) is 22.9 Å². The van der Waals surface area contributed by atoms with Crippen LogP contribution in [0.25, 0.3) is 0 Å². The molecular weight excluding hydrogens is 274 g/mol. The molecule has 1 rings (SSSR count). The zero-order valence-electron chi connectivity index (χ0n) is 10.5. The van der Waals surface area contributed by atoms with E-state index >= 15 is 0 Å². The van der Waals surface area contributed by atoms with Crippen LogP contribution < -0.4 is 10.5 Å². The second-order valence-electron chi connectivity index (χ2n) is 4.30. The topological polar surface area (TPSA) is 69.4 Å². The van der Waals surface area contributed by atoms with Crippen molar-refractivity contribution in [2.45, 2.75) is 19.4 Å². The predicted octanol–water partition coefficient (Wildman–Crippen LogP) is 2.17. The van der Waals surface area contributed by atoms with Crippen molar-refractivity contribution in [2.75, 3.05) is 18.6 Å². The van der Waals surface area contributed by atoms with Gasteiger partial charge in [-0.05, 0) is 31.5 Å². The molecular formula is C12H18ClNO3S. The van der Waals surface area contributed by atoms with Crippen LogP contribution in [0.4, 0.5) is 0 Å². The van der Waals surface area contributed by atoms with Crippen LogP contribution in [-0.4, -0.2) is 27.0 Å². The normalized spacial score (nSPS) is 13.3. The lowest BCUT2D eigenvalue weighted by Crippen LogP contribution is -2.11. The number of rotatable bonds is 6. The standard InChI is InChI=1S/C12H18ClNO3S/c1-9(14)11-8-10(13)4-5-12(11)17-6-3-7-18(2,15)16/h4-5,8-9H,3,6-7,14H2,1-2H3/t9-/m0/s1. The first-order valence-electron chi connectivity index (χ1n) is 5.65. The monoisotopic (exact) mass is 291 g/mol. The molecule has 0 amide bonds. The van der Waals surface area contributed by atoms with E-state index in [2.05, 4.69) is 0 Å². The van der Waals surface area contributed by atoms with Crippen LogP contribution in [0.2, 0.25) is 5.02 Å². The highest BCUT2D eigenvalue weighted by atomic mass is 35.5. The molecule has 1 aromatic rings. The maximum Gasteiger partial charge on any atom is 0.147 e. The molecule has 4 nitrogen and oxygen atoms in total. The molecule has 0 aliphatic heterocycles. The summed E-state index contributed by atoms with van der Waals surface area (Å²) in [5, 5.41) is 0.603. The Bertz CT molecular complexity index is 500. The van der Waals surface area contributed by atoms with Gasteiger partial charge in [0.25, 0.3) is 0 Å². The van der Waals surface area contributed by atoms with Crippen LogP contribution >= 0.6 is 11.6 Å². The van der Waals surface area contributed by atoms with Crippen molar-refractivity contribution >= 4 is 21.4 Å². The van der Waals surface area contributed by atoms with Crippen LogP contribution in [0.5, 0.6) is 5.75 Å². The van der Waals surface area contributed by atoms with Gasteiger partial charge in [-0.1, -0.05) is 11.6 Å². The molecule has 0 aliphatic carbocycles. The van der Waals surface area contributed by atoms with Crippen LogP contribution in [0.3, 0.4) is 0 Å². The molecule has 0 spiro atoms. The van der Waals surface area contributed by atoms with E-state index in [0.717, 1.165) is 5.56 Å². The number of halogens is 1. The molecule has 0 saturated heterocycles. The Labute approximate surface area is 113 Å². The number of hydrogen-bond acceptors (Lipinski definition) is 4. The van der Waals surface area contributed by atoms with E-state index in [9.17, 15) is 8.42 Å². The third kappa shape index (κ3) is 5.25. The Balaban J connectivity index is 2.62. The molecule has 0 radical (unpaired) electrons. The van der Waals surface area contributed by atoms with Gasteiger partial charge in [0.1, 0.15) is 15.6 Å². The summed E-state index contributed by atoms with van der Waals surface area (Å²) in [6.07, 6.45) is 1.67. The van der Waals surface area contributed by atoms with Crippen molar-refractivity contribution in [3.05, 3.63) is 28.8 Å². The lowest BCUT2D eigenvalue weighted by atomic mass is 10.1. The lowest BCUT2D eigenvalue weighted by molar-refractivity contribution is 0.313. The van der Waals surface area contributed by atoms with E-state index in [0.29, 0.717) is 23.8 Å². The Morgan fingerprint density at radius 1 is 1.44 bits per heavy atom. The molecule has 0 saturated carbocycles. The number of benzene rings is 1. The van der Waals surface area contributed by atoms with Crippen molar-refractivity contribution in [2.24, 2.45) is 5.73 Å². The van der Waals surface area contributed by atoms with Crippen LogP contribution in [-0.2, 0) is 9.84 Å². The fraction of sp³-hybridized carbons (Fsp3) is 0.500. The van der Waals surface area contributed by atoms with Gasteiger partial charge in [-0.2, -0.15) is 0 Å². The van der Waals surface area contributed by atoms with Crippen molar-refractivity contribution in [3.63, 3.8) is 0 Å². The van der Waals surface area contributed by atoms with Gasteiger partial charge in [0.05, 0.1) is 12.4 Å². The van der Waals surface area contributed by atoms with E-state index in [1.54, 1.807) is 18.2 Å². The van der Waals surface area contributed by atoms with Crippen LogP contribution in [0.1, 0.15) is 24.9 Å². The van der Waals surface area contributed by atoms with Gasteiger partial charge in [-0.15, -0.1) is 0 Å². The highest BCUT2D eigenvalue weighted by Crippen LogP contribution is 2.27. The maximum atomic E-state index is 11.0. The molecule has 1 atom stereocenters. The number of sulfone groups is 1. The first-order chi connectivity index (χ1) is 8.29. The Hall–Kier alpha value is -0.780. The van der Waals surface area contributed by atoms with Gasteiger partial charge in [0.2, 0.25) is 0 Å². The first-order valence-corrected chi connectivity index (χ1v) is 8.09. The molecule has 6 heteroatoms. The summed E-state index contributed by atoms with van der Waals surface area (Å²) >= 11 is 5.89. The second-order valence-corrected chi connectivity index (χ2v) is 7.00. The first kappa shape index (κ1) is 15.3. The van der Waals surface area contributed by atoms with E-state index in [1.807, 2.05) is 6.92 Å². The molecule has 0 unspecified atom stereocenters. The van der Waals surface area contributed by atoms with Gasteiger partial charge in [-0.25, -0.2) is 8.42 Å². The fourth-order valence-electron chi connectivity index (χ4n) is 1.51. The van der Waals surface area contributed by atoms with Gasteiger partial charge < -0.3 is 10.5 Å². The second kappa shape index (κ2) is 6.41. The molecule has 2 N–H and O–H groups in total. The predicted molar refractivity (Wildman–Crippen MR) is 73.9 cm³/mol. The number of hydrogen-bond donors (Lipinski definition) is 1. The zero-order valence-corrected chi connectivity index (χ0v) is 12.1. The molecule has 0 fully saturated rings. The lowest BCUT2D eigenvalue weighted by Gasteiger charge is -2.14. The summed E-state index contributed by atoms with van der Waals surface area (Å²) in [6.45, 7) is 2.18. The van der Waals surface area contributed by atoms with E-state index in [1.165, 1.54) is 6.26 Å². The van der Waals surface area contributed by atoms with Crippen molar-refractivity contribution < 1.29 is 13.2 Å². The van der Waals surface area contributed by atoms with Crippen molar-refractivity contribution in [1.29, 1.82) is 0 Å². The summed E-state index contributed by atoms with van der Waals surface area (Å²) < 4.78 is 27.5. The number of ether oxygens (including phenoxy) is 1. The number of nitrogens with two attached hydrogens (primary N) is 1. The molecule has 0 aliphatic rings. The Morgan fingerprint density at radius 2 is 2.11 bits per heavy atom. The molecule has 0 heterocycles. The fourth-order valence-corrected chi connectivity index (χ4v) is 2.33. The SMILES string of the molecule is C[C@H](N)c1cc(Cl)ccc1OCCCS(C)(=O)=O. The summed E-state index contributed by atoms with van der Waals surface area (Å²) in [7, 11) is -2.94. The third-order valence-electron chi connectivity index (χ3n) is 2.38. The molecule has 1 aromatic carbocycles. The quantitative estimate of drug-likeness (QED) is 0.816. The average molecular weight is 292 g/mol. The van der Waals surface area contributed by atoms with Gasteiger partial charge in [0.15, 0.2) is 0 Å². The van der Waals surface area contributed by atoms with Crippen LogP contribution in [0, 0.1) is 0 Å². The van der Waals surface area contributed by atoms with Gasteiger partial charge in [-0.3, -0.25) is 0 Å². The average Bonchev–Trinajstić information content (AvgIpc) is 2.24. The molecule has 0 aromatic heterocycles. The molecule has 18 heavy (non-hydrogen) atoms. The Kier molecular flexibility index (Phi) is 5.44. The van der Waals surface area contributed by atoms with E-state index < -0.39 is 9.84 Å². The van der Waals surface area contributed by atoms with Crippen LogP contribution in [0.15, 0.2) is 18.2 Å². The summed E-state index contributed by atoms with van der Waals surface area (Å²) in [4.78, 5) is 0. The highest BCUT2D eigenvalue weighted by Gasteiger charge is 2.09. The summed E-state index contributed by atoms with van der Waals surface area (Å²) in [5.41, 5.74) is 6.64. The third-order valence-corrected chi connectivity index (χ3v) is 3.64. The van der Waals surface area contributed by atoms with Crippen molar-refractivity contribution in [3.8, 4) is 5.75 Å². The summed E-state index contributed by atoms with van der Waals surface area (Å²) in [6, 6.07) is 5.05. The van der Waals surface area contributed by atoms with E-state index in [-0.39, 0.29) is 11.8 Å². The minimum atomic E-state index is -2.94. The molecule has 102 valence electrons.